The topological polar surface area (TPSA) is 137 Å². The lowest BCUT2D eigenvalue weighted by molar-refractivity contribution is -0.118. The van der Waals surface area contributed by atoms with Crippen molar-refractivity contribution in [3.63, 3.8) is 0 Å². The smallest absolute Gasteiger partial charge is 0.276 e. The molecule has 8 nitrogen and oxygen atoms in total. The second kappa shape index (κ2) is 9.51. The molecule has 0 fully saturated rings. The van der Waals surface area contributed by atoms with Gasteiger partial charge in [-0.1, -0.05) is 18.2 Å². The van der Waals surface area contributed by atoms with Crippen LogP contribution in [0.5, 0.6) is 0 Å². The number of anilines is 2. The largest absolute Gasteiger partial charge is 0.379 e. The molecule has 1 aromatic heterocycles. The molecule has 0 saturated carbocycles. The highest BCUT2D eigenvalue weighted by Crippen LogP contribution is 2.12. The van der Waals surface area contributed by atoms with Gasteiger partial charge in [-0.15, -0.1) is 0 Å². The summed E-state index contributed by atoms with van der Waals surface area (Å²) < 4.78 is 0. The molecule has 1 amide bonds. The highest BCUT2D eigenvalue weighted by Gasteiger charge is 2.10. The predicted octanol–water partition coefficient (Wildman–Crippen LogP) is 2.06. The Morgan fingerprint density at radius 3 is 2.70 bits per heavy atom. The first kappa shape index (κ1) is 20.2. The molecule has 1 heterocycles. The number of hydrogen-bond acceptors (Lipinski definition) is 6. The average Bonchev–Trinajstić information content (AvgIpc) is 2.63. The number of nitrogens with one attached hydrogen (secondary N) is 4. The fraction of sp³-hybridized carbons (Fsp3) is 0.368. The van der Waals surface area contributed by atoms with E-state index in [2.05, 4.69) is 46.6 Å². The second-order valence-electron chi connectivity index (χ2n) is 6.44. The molecule has 0 aliphatic heterocycles. The van der Waals surface area contributed by atoms with E-state index < -0.39 is 0 Å². The minimum atomic E-state index is -0.346. The molecule has 2 rings (SSSR count). The molecule has 0 bridgehead atoms. The van der Waals surface area contributed by atoms with Crippen LogP contribution in [0.25, 0.3) is 0 Å². The summed E-state index contributed by atoms with van der Waals surface area (Å²) >= 11 is 0. The monoisotopic (exact) mass is 370 g/mol. The van der Waals surface area contributed by atoms with Crippen molar-refractivity contribution in [2.75, 3.05) is 17.2 Å². The number of nitrogens with zero attached hydrogens (tertiary/aromatic N) is 1. The van der Waals surface area contributed by atoms with Crippen LogP contribution >= 0.6 is 0 Å². The maximum Gasteiger partial charge on any atom is 0.276 e. The van der Waals surface area contributed by atoms with Crippen molar-refractivity contribution in [2.45, 2.75) is 39.7 Å². The van der Waals surface area contributed by atoms with E-state index in [1.165, 1.54) is 11.1 Å². The van der Waals surface area contributed by atoms with Gasteiger partial charge in [0.1, 0.15) is 11.4 Å². The van der Waals surface area contributed by atoms with Gasteiger partial charge in [-0.25, -0.2) is 4.98 Å². The normalized spacial score (nSPS) is 10.4. The van der Waals surface area contributed by atoms with Crippen LogP contribution in [0.15, 0.2) is 23.0 Å². The molecule has 0 aliphatic carbocycles. The zero-order valence-corrected chi connectivity index (χ0v) is 15.7. The fourth-order valence-corrected chi connectivity index (χ4v) is 2.59. The highest BCUT2D eigenvalue weighted by atomic mass is 16.1. The second-order valence-corrected chi connectivity index (χ2v) is 6.44. The lowest BCUT2D eigenvalue weighted by Crippen LogP contribution is -2.21. The first-order valence-corrected chi connectivity index (χ1v) is 8.87. The third-order valence-corrected chi connectivity index (χ3v) is 4.27. The number of carbonyl (C=O) groups is 1. The number of aryl methyl sites for hydroxylation is 2. The quantitative estimate of drug-likeness (QED) is 0.322. The zero-order chi connectivity index (χ0) is 19.8. The summed E-state index contributed by atoms with van der Waals surface area (Å²) in [5.41, 5.74) is 8.77. The Bertz CT molecular complexity index is 875. The number of hydrogen-bond donors (Lipinski definition) is 5. The number of benzene rings is 1. The zero-order valence-electron chi connectivity index (χ0n) is 15.7. The van der Waals surface area contributed by atoms with Crippen LogP contribution in [0, 0.1) is 19.3 Å². The maximum atomic E-state index is 12.3. The summed E-state index contributed by atoms with van der Waals surface area (Å²) in [6.45, 7) is 5.12. The van der Waals surface area contributed by atoms with Crippen molar-refractivity contribution in [1.29, 1.82) is 5.41 Å². The third kappa shape index (κ3) is 5.95. The van der Waals surface area contributed by atoms with E-state index in [0.29, 0.717) is 38.3 Å². The molecule has 0 aliphatic rings. The van der Waals surface area contributed by atoms with Crippen molar-refractivity contribution in [3.05, 3.63) is 50.9 Å². The van der Waals surface area contributed by atoms with E-state index in [1.54, 1.807) is 0 Å². The Kier molecular flexibility index (Phi) is 7.10. The summed E-state index contributed by atoms with van der Waals surface area (Å²) in [6.07, 6.45) is 2.69. The number of carbonyl (C=O) groups excluding carboxylic acids is 1. The van der Waals surface area contributed by atoms with Crippen LogP contribution in [0.3, 0.4) is 0 Å². The number of amides is 1. The van der Waals surface area contributed by atoms with Crippen LogP contribution in [0.2, 0.25) is 0 Å². The van der Waals surface area contributed by atoms with Gasteiger partial charge >= 0.3 is 0 Å². The summed E-state index contributed by atoms with van der Waals surface area (Å²) in [5.74, 6) is -0.0232. The molecule has 0 spiro atoms. The van der Waals surface area contributed by atoms with Gasteiger partial charge in [0.25, 0.3) is 5.56 Å². The molecule has 8 heteroatoms. The van der Waals surface area contributed by atoms with Crippen LogP contribution in [-0.4, -0.2) is 28.6 Å². The molecule has 27 heavy (non-hydrogen) atoms. The van der Waals surface area contributed by atoms with Crippen LogP contribution in [-0.2, 0) is 11.3 Å². The first-order valence-electron chi connectivity index (χ1n) is 8.87. The van der Waals surface area contributed by atoms with Gasteiger partial charge in [0.2, 0.25) is 11.9 Å². The van der Waals surface area contributed by atoms with Crippen molar-refractivity contribution in [2.24, 2.45) is 5.73 Å². The van der Waals surface area contributed by atoms with E-state index in [9.17, 15) is 9.59 Å². The lowest BCUT2D eigenvalue weighted by Gasteiger charge is -2.11. The van der Waals surface area contributed by atoms with Crippen LogP contribution in [0.4, 0.5) is 11.6 Å². The number of H-pyrrole nitrogens is 1. The number of rotatable bonds is 10. The van der Waals surface area contributed by atoms with E-state index >= 15 is 0 Å². The predicted molar refractivity (Wildman–Crippen MR) is 108 cm³/mol. The number of primary amides is 1. The van der Waals surface area contributed by atoms with Gasteiger partial charge in [0, 0.05) is 25.7 Å². The van der Waals surface area contributed by atoms with Crippen LogP contribution < -0.4 is 21.9 Å². The van der Waals surface area contributed by atoms with E-state index in [1.807, 2.05) is 6.07 Å². The maximum absolute atomic E-state index is 12.3. The Balaban J connectivity index is 2.01. The third-order valence-electron chi connectivity index (χ3n) is 4.27. The Morgan fingerprint density at radius 2 is 2.04 bits per heavy atom. The lowest BCUT2D eigenvalue weighted by atomic mass is 10.1. The number of unbranched alkanes of at least 4 members (excludes halogenated alkanes) is 1. The standard InChI is InChI=1S/C19H26N6O2/c1-12-6-7-14(9-13(12)2)11-23-19-24-15(10-20)17(18(27)25-19)22-8-4-3-5-16(21)26/h6-7,9-10,20,22H,3-5,8,11H2,1-2H3,(H2,21,26)(H2,23,24,25,27). The summed E-state index contributed by atoms with van der Waals surface area (Å²) in [5, 5.41) is 13.6. The van der Waals surface area contributed by atoms with Crippen molar-refractivity contribution in [1.82, 2.24) is 9.97 Å². The van der Waals surface area contributed by atoms with E-state index in [0.717, 1.165) is 11.8 Å². The molecule has 0 saturated heterocycles. The van der Waals surface area contributed by atoms with Crippen LogP contribution in [0.1, 0.15) is 41.6 Å². The van der Waals surface area contributed by atoms with Crippen molar-refractivity contribution >= 4 is 23.8 Å². The Labute approximate surface area is 158 Å². The molecule has 144 valence electrons. The first-order chi connectivity index (χ1) is 12.9. The van der Waals surface area contributed by atoms with Crippen molar-refractivity contribution in [3.8, 4) is 0 Å². The molecule has 2 aromatic rings. The Morgan fingerprint density at radius 1 is 1.26 bits per heavy atom. The van der Waals surface area contributed by atoms with Gasteiger partial charge in [0.05, 0.1) is 0 Å². The average molecular weight is 370 g/mol. The SMILES string of the molecule is Cc1ccc(CNc2nc(C=N)c(NCCCCC(N)=O)c(=O)[nH]2)cc1C. The molecular weight excluding hydrogens is 344 g/mol. The Hall–Kier alpha value is -3.16. The van der Waals surface area contributed by atoms with Gasteiger partial charge in [-0.3, -0.25) is 14.6 Å². The molecule has 0 atom stereocenters. The minimum absolute atomic E-state index is 0.251. The molecule has 6 N–H and O–H groups in total. The number of nitrogens with two attached hydrogens (primary N) is 1. The van der Waals surface area contributed by atoms with Gasteiger partial charge < -0.3 is 21.8 Å². The van der Waals surface area contributed by atoms with E-state index in [-0.39, 0.29) is 22.8 Å². The van der Waals surface area contributed by atoms with E-state index in [4.69, 9.17) is 11.1 Å². The van der Waals surface area contributed by atoms with Gasteiger partial charge in [-0.05, 0) is 43.4 Å². The molecule has 0 unspecified atom stereocenters. The molecular formula is C19H26N6O2. The van der Waals surface area contributed by atoms with Crippen molar-refractivity contribution < 1.29 is 4.79 Å². The number of aromatic nitrogens is 2. The van der Waals surface area contributed by atoms with Gasteiger partial charge in [-0.2, -0.15) is 0 Å². The summed E-state index contributed by atoms with van der Waals surface area (Å²) in [6, 6.07) is 6.16. The molecule has 0 radical (unpaired) electrons. The minimum Gasteiger partial charge on any atom is -0.379 e. The molecule has 1 aromatic carbocycles. The fourth-order valence-electron chi connectivity index (χ4n) is 2.59. The summed E-state index contributed by atoms with van der Waals surface area (Å²) in [7, 11) is 0. The number of aromatic amines is 1. The summed E-state index contributed by atoms with van der Waals surface area (Å²) in [4.78, 5) is 30.0. The van der Waals surface area contributed by atoms with Gasteiger partial charge in [0.15, 0.2) is 0 Å². The highest BCUT2D eigenvalue weighted by molar-refractivity contribution is 5.83.